The number of aryl methyl sites for hydroxylation is 2. The van der Waals surface area contributed by atoms with Gasteiger partial charge in [0.1, 0.15) is 0 Å². The highest BCUT2D eigenvalue weighted by Crippen LogP contribution is 2.24. The molecule has 0 bridgehead atoms. The van der Waals surface area contributed by atoms with Gasteiger partial charge in [0.2, 0.25) is 5.12 Å². The van der Waals surface area contributed by atoms with E-state index in [2.05, 4.69) is 50.2 Å². The molecule has 26 heavy (non-hydrogen) atoms. The summed E-state index contributed by atoms with van der Waals surface area (Å²) in [5.41, 5.74) is 3.49. The quantitative estimate of drug-likeness (QED) is 0.302. The maximum absolute atomic E-state index is 12.5. The summed E-state index contributed by atoms with van der Waals surface area (Å²) in [7, 11) is 0. The van der Waals surface area contributed by atoms with Crippen LogP contribution in [0.1, 0.15) is 80.3 Å². The average molecular weight is 369 g/mol. The molecule has 2 rings (SSSR count). The van der Waals surface area contributed by atoms with Crippen LogP contribution in [0.25, 0.3) is 0 Å². The Kier molecular flexibility index (Phi) is 9.55. The normalized spacial score (nSPS) is 10.8. The van der Waals surface area contributed by atoms with E-state index in [0.29, 0.717) is 0 Å². The molecule has 0 unspecified atom stereocenters. The lowest BCUT2D eigenvalue weighted by Crippen LogP contribution is -1.94. The minimum atomic E-state index is 0.126. The van der Waals surface area contributed by atoms with E-state index >= 15 is 0 Å². The predicted octanol–water partition coefficient (Wildman–Crippen LogP) is 7.47. The van der Waals surface area contributed by atoms with Crippen molar-refractivity contribution in [3.05, 3.63) is 65.2 Å². The molecule has 0 aliphatic heterocycles. The summed E-state index contributed by atoms with van der Waals surface area (Å²) in [4.78, 5) is 13.5. The highest BCUT2D eigenvalue weighted by molar-refractivity contribution is 8.14. The molecule has 0 radical (unpaired) electrons. The minimum absolute atomic E-state index is 0.126. The van der Waals surface area contributed by atoms with Gasteiger partial charge >= 0.3 is 0 Å². The van der Waals surface area contributed by atoms with Crippen LogP contribution in [0.4, 0.5) is 0 Å². The molecule has 0 aromatic heterocycles. The molecule has 0 saturated carbocycles. The number of hydrogen-bond acceptors (Lipinski definition) is 2. The topological polar surface area (TPSA) is 17.1 Å². The van der Waals surface area contributed by atoms with E-state index in [1.165, 1.54) is 67.8 Å². The third-order valence-corrected chi connectivity index (χ3v) is 5.64. The molecule has 0 atom stereocenters. The fourth-order valence-electron chi connectivity index (χ4n) is 3.03. The summed E-state index contributed by atoms with van der Waals surface area (Å²) in [5, 5.41) is 0.126. The van der Waals surface area contributed by atoms with Gasteiger partial charge in [-0.15, -0.1) is 0 Å². The lowest BCUT2D eigenvalue weighted by atomic mass is 10.1. The molecule has 0 aliphatic rings. The van der Waals surface area contributed by atoms with Crippen LogP contribution in [0, 0.1) is 0 Å². The Morgan fingerprint density at radius 3 is 1.77 bits per heavy atom. The minimum Gasteiger partial charge on any atom is -0.281 e. The van der Waals surface area contributed by atoms with Crippen LogP contribution in [-0.4, -0.2) is 5.12 Å². The van der Waals surface area contributed by atoms with E-state index in [0.717, 1.165) is 23.3 Å². The van der Waals surface area contributed by atoms with E-state index in [9.17, 15) is 4.79 Å². The first kappa shape index (κ1) is 20.8. The van der Waals surface area contributed by atoms with Crippen molar-refractivity contribution in [2.24, 2.45) is 0 Å². The standard InChI is InChI=1S/C24H32OS/c1-3-5-7-9-11-20-12-16-22(17-13-20)24(25)26-23-18-14-21(15-19-23)10-8-6-4-2/h12-19H,3-11H2,1-2H3. The number of benzene rings is 2. The molecule has 2 aromatic rings. The van der Waals surface area contributed by atoms with E-state index in [1.54, 1.807) is 0 Å². The van der Waals surface area contributed by atoms with Gasteiger partial charge in [0, 0.05) is 10.5 Å². The Morgan fingerprint density at radius 2 is 1.19 bits per heavy atom. The lowest BCUT2D eigenvalue weighted by Gasteiger charge is -2.05. The molecule has 1 nitrogen and oxygen atoms in total. The first-order valence-corrected chi connectivity index (χ1v) is 10.9. The van der Waals surface area contributed by atoms with Gasteiger partial charge in [-0.25, -0.2) is 0 Å². The fourth-order valence-corrected chi connectivity index (χ4v) is 3.77. The molecule has 0 amide bonds. The third kappa shape index (κ3) is 7.37. The smallest absolute Gasteiger partial charge is 0.224 e. The van der Waals surface area contributed by atoms with E-state index < -0.39 is 0 Å². The van der Waals surface area contributed by atoms with Gasteiger partial charge < -0.3 is 0 Å². The second-order valence-electron chi connectivity index (χ2n) is 7.00. The SMILES string of the molecule is CCCCCCc1ccc(C(=O)Sc2ccc(CCCCC)cc2)cc1. The Bertz CT molecular complexity index is 643. The van der Waals surface area contributed by atoms with Crippen LogP contribution < -0.4 is 0 Å². The van der Waals surface area contributed by atoms with Crippen LogP contribution in [0.5, 0.6) is 0 Å². The highest BCUT2D eigenvalue weighted by Gasteiger charge is 2.08. The van der Waals surface area contributed by atoms with Gasteiger partial charge in [0.25, 0.3) is 0 Å². The second kappa shape index (κ2) is 12.0. The fraction of sp³-hybridized carbons (Fsp3) is 0.458. The summed E-state index contributed by atoms with van der Waals surface area (Å²) in [6, 6.07) is 16.6. The van der Waals surface area contributed by atoms with Gasteiger partial charge in [-0.2, -0.15) is 0 Å². The molecule has 2 heteroatoms. The van der Waals surface area contributed by atoms with E-state index in [1.807, 2.05) is 12.1 Å². The average Bonchev–Trinajstić information content (AvgIpc) is 2.67. The summed E-state index contributed by atoms with van der Waals surface area (Å²) in [5.74, 6) is 0. The summed E-state index contributed by atoms with van der Waals surface area (Å²) in [6.45, 7) is 4.46. The molecule has 0 spiro atoms. The molecule has 2 aromatic carbocycles. The predicted molar refractivity (Wildman–Crippen MR) is 114 cm³/mol. The molecule has 0 saturated heterocycles. The van der Waals surface area contributed by atoms with E-state index in [4.69, 9.17) is 0 Å². The Balaban J connectivity index is 1.83. The number of thioether (sulfide) groups is 1. The van der Waals surface area contributed by atoms with Gasteiger partial charge in [-0.05, 0) is 60.7 Å². The summed E-state index contributed by atoms with van der Waals surface area (Å²) >= 11 is 1.33. The van der Waals surface area contributed by atoms with Crippen molar-refractivity contribution in [3.63, 3.8) is 0 Å². The number of unbranched alkanes of at least 4 members (excludes halogenated alkanes) is 5. The number of carbonyl (C=O) groups is 1. The van der Waals surface area contributed by atoms with Crippen molar-refractivity contribution in [1.82, 2.24) is 0 Å². The monoisotopic (exact) mass is 368 g/mol. The Labute approximate surface area is 163 Å². The first-order chi connectivity index (χ1) is 12.7. The van der Waals surface area contributed by atoms with Crippen LogP contribution >= 0.6 is 11.8 Å². The number of hydrogen-bond donors (Lipinski definition) is 0. The van der Waals surface area contributed by atoms with E-state index in [-0.39, 0.29) is 5.12 Å². The van der Waals surface area contributed by atoms with Crippen LogP contribution in [0.15, 0.2) is 53.4 Å². The molecular formula is C24H32OS. The Hall–Kier alpha value is -1.54. The van der Waals surface area contributed by atoms with Gasteiger partial charge in [0.05, 0.1) is 0 Å². The zero-order chi connectivity index (χ0) is 18.6. The molecule has 140 valence electrons. The largest absolute Gasteiger partial charge is 0.281 e. The van der Waals surface area contributed by atoms with Crippen molar-refractivity contribution in [2.75, 3.05) is 0 Å². The lowest BCUT2D eigenvalue weighted by molar-refractivity contribution is 0.108. The van der Waals surface area contributed by atoms with Crippen molar-refractivity contribution in [2.45, 2.75) is 76.5 Å². The number of carbonyl (C=O) groups excluding carboxylic acids is 1. The molecular weight excluding hydrogens is 336 g/mol. The molecule has 0 N–H and O–H groups in total. The zero-order valence-electron chi connectivity index (χ0n) is 16.3. The van der Waals surface area contributed by atoms with Crippen molar-refractivity contribution >= 4 is 16.9 Å². The van der Waals surface area contributed by atoms with Gasteiger partial charge in [-0.1, -0.05) is 82.3 Å². The maximum Gasteiger partial charge on any atom is 0.224 e. The molecule has 0 fully saturated rings. The number of rotatable bonds is 11. The maximum atomic E-state index is 12.5. The van der Waals surface area contributed by atoms with Gasteiger partial charge in [0.15, 0.2) is 0 Å². The van der Waals surface area contributed by atoms with Crippen LogP contribution in [0.2, 0.25) is 0 Å². The van der Waals surface area contributed by atoms with Crippen molar-refractivity contribution in [1.29, 1.82) is 0 Å². The Morgan fingerprint density at radius 1 is 0.692 bits per heavy atom. The second-order valence-corrected chi connectivity index (χ2v) is 8.04. The van der Waals surface area contributed by atoms with Crippen LogP contribution in [0.3, 0.4) is 0 Å². The van der Waals surface area contributed by atoms with Crippen LogP contribution in [-0.2, 0) is 12.8 Å². The van der Waals surface area contributed by atoms with Crippen molar-refractivity contribution < 1.29 is 4.79 Å². The summed E-state index contributed by atoms with van der Waals surface area (Å²) in [6.07, 6.45) is 11.1. The zero-order valence-corrected chi connectivity index (χ0v) is 17.1. The third-order valence-electron chi connectivity index (χ3n) is 4.71. The first-order valence-electron chi connectivity index (χ1n) is 10.1. The molecule has 0 aliphatic carbocycles. The molecule has 0 heterocycles. The highest BCUT2D eigenvalue weighted by atomic mass is 32.2. The van der Waals surface area contributed by atoms with Crippen molar-refractivity contribution in [3.8, 4) is 0 Å². The summed E-state index contributed by atoms with van der Waals surface area (Å²) < 4.78 is 0. The van der Waals surface area contributed by atoms with Gasteiger partial charge in [-0.3, -0.25) is 4.79 Å².